The predicted molar refractivity (Wildman–Crippen MR) is 71.6 cm³/mol. The summed E-state index contributed by atoms with van der Waals surface area (Å²) in [6.07, 6.45) is 7.03. The molecule has 2 heteroatoms. The van der Waals surface area contributed by atoms with Crippen LogP contribution in [-0.4, -0.2) is 29.1 Å². The van der Waals surface area contributed by atoms with E-state index in [2.05, 4.69) is 23.1 Å². The van der Waals surface area contributed by atoms with Crippen LogP contribution in [0.2, 0.25) is 0 Å². The lowest BCUT2D eigenvalue weighted by Crippen LogP contribution is -2.38. The third-order valence-electron chi connectivity index (χ3n) is 5.29. The SMILES string of the molecule is OC1(c2ccc3c(c2)CCC3)CCN2CCCC21. The van der Waals surface area contributed by atoms with Crippen LogP contribution >= 0.6 is 0 Å². The van der Waals surface area contributed by atoms with Crippen molar-refractivity contribution in [1.82, 2.24) is 4.90 Å². The van der Waals surface area contributed by atoms with Gasteiger partial charge in [-0.3, -0.25) is 4.90 Å². The smallest absolute Gasteiger partial charge is 0.106 e. The molecule has 1 aliphatic carbocycles. The van der Waals surface area contributed by atoms with Gasteiger partial charge in [0.1, 0.15) is 5.60 Å². The third-order valence-corrected chi connectivity index (χ3v) is 5.29. The average Bonchev–Trinajstić information content (AvgIpc) is 3.06. The highest BCUT2D eigenvalue weighted by Crippen LogP contribution is 2.43. The molecule has 4 rings (SSSR count). The quantitative estimate of drug-likeness (QED) is 0.817. The Balaban J connectivity index is 1.74. The summed E-state index contributed by atoms with van der Waals surface area (Å²) in [5.74, 6) is 0. The first-order valence-corrected chi connectivity index (χ1v) is 7.36. The summed E-state index contributed by atoms with van der Waals surface area (Å²) >= 11 is 0. The number of fused-ring (bicyclic) bond motifs is 2. The molecule has 0 aromatic heterocycles. The Labute approximate surface area is 109 Å². The third kappa shape index (κ3) is 1.42. The second-order valence-electron chi connectivity index (χ2n) is 6.21. The molecule has 2 nitrogen and oxygen atoms in total. The Hall–Kier alpha value is -0.860. The lowest BCUT2D eigenvalue weighted by atomic mass is 9.84. The average molecular weight is 243 g/mol. The van der Waals surface area contributed by atoms with E-state index in [1.165, 1.54) is 48.9 Å². The fourth-order valence-electron chi connectivity index (χ4n) is 4.29. The van der Waals surface area contributed by atoms with Crippen molar-refractivity contribution in [2.75, 3.05) is 13.1 Å². The molecule has 96 valence electrons. The second-order valence-corrected chi connectivity index (χ2v) is 6.21. The van der Waals surface area contributed by atoms with Gasteiger partial charge in [-0.1, -0.05) is 18.2 Å². The van der Waals surface area contributed by atoms with E-state index >= 15 is 0 Å². The lowest BCUT2D eigenvalue weighted by molar-refractivity contribution is 0.00932. The minimum atomic E-state index is -0.575. The number of aryl methyl sites for hydroxylation is 2. The van der Waals surface area contributed by atoms with E-state index in [1.807, 2.05) is 0 Å². The molecule has 3 aliphatic rings. The van der Waals surface area contributed by atoms with Crippen LogP contribution in [0.4, 0.5) is 0 Å². The maximum Gasteiger partial charge on any atom is 0.106 e. The van der Waals surface area contributed by atoms with E-state index in [9.17, 15) is 5.11 Å². The van der Waals surface area contributed by atoms with Crippen LogP contribution in [0.25, 0.3) is 0 Å². The van der Waals surface area contributed by atoms with E-state index < -0.39 is 5.60 Å². The fraction of sp³-hybridized carbons (Fsp3) is 0.625. The number of rotatable bonds is 1. The molecule has 2 atom stereocenters. The maximum atomic E-state index is 11.1. The fourth-order valence-corrected chi connectivity index (χ4v) is 4.29. The number of nitrogens with zero attached hydrogens (tertiary/aromatic N) is 1. The zero-order valence-electron chi connectivity index (χ0n) is 10.9. The first-order valence-electron chi connectivity index (χ1n) is 7.36. The first kappa shape index (κ1) is 11.0. The van der Waals surface area contributed by atoms with E-state index in [1.54, 1.807) is 0 Å². The molecular formula is C16H21NO. The highest BCUT2D eigenvalue weighted by atomic mass is 16.3. The van der Waals surface area contributed by atoms with Crippen LogP contribution < -0.4 is 0 Å². The highest BCUT2D eigenvalue weighted by molar-refractivity contribution is 5.39. The van der Waals surface area contributed by atoms with Crippen LogP contribution in [0.5, 0.6) is 0 Å². The standard InChI is InChI=1S/C16H21NO/c18-16(8-10-17-9-2-5-15(16)17)14-7-6-12-3-1-4-13(12)11-14/h6-7,11,15,18H,1-5,8-10H2. The summed E-state index contributed by atoms with van der Waals surface area (Å²) in [6, 6.07) is 7.11. The van der Waals surface area contributed by atoms with Crippen molar-refractivity contribution in [3.63, 3.8) is 0 Å². The number of hydrogen-bond acceptors (Lipinski definition) is 2. The predicted octanol–water partition coefficient (Wildman–Crippen LogP) is 2.23. The molecule has 2 heterocycles. The Bertz CT molecular complexity index is 484. The summed E-state index contributed by atoms with van der Waals surface area (Å²) in [6.45, 7) is 2.25. The zero-order chi connectivity index (χ0) is 12.2. The summed E-state index contributed by atoms with van der Waals surface area (Å²) in [7, 11) is 0. The normalized spacial score (nSPS) is 34.8. The molecule has 2 unspecified atom stereocenters. The maximum absolute atomic E-state index is 11.1. The summed E-state index contributed by atoms with van der Waals surface area (Å²) < 4.78 is 0. The molecular weight excluding hydrogens is 222 g/mol. The molecule has 1 aromatic carbocycles. The molecule has 0 saturated carbocycles. The van der Waals surface area contributed by atoms with Gasteiger partial charge in [0.25, 0.3) is 0 Å². The number of benzene rings is 1. The van der Waals surface area contributed by atoms with Crippen molar-refractivity contribution in [3.8, 4) is 0 Å². The van der Waals surface area contributed by atoms with Crippen LogP contribution in [0, 0.1) is 0 Å². The number of aliphatic hydroxyl groups is 1. The van der Waals surface area contributed by atoms with Gasteiger partial charge in [0, 0.05) is 12.6 Å². The molecule has 0 spiro atoms. The molecule has 2 fully saturated rings. The van der Waals surface area contributed by atoms with Crippen molar-refractivity contribution in [2.45, 2.75) is 50.2 Å². The topological polar surface area (TPSA) is 23.5 Å². The Kier molecular flexibility index (Phi) is 2.33. The monoisotopic (exact) mass is 243 g/mol. The molecule has 0 bridgehead atoms. The minimum Gasteiger partial charge on any atom is -0.383 e. The summed E-state index contributed by atoms with van der Waals surface area (Å²) in [4.78, 5) is 2.48. The Morgan fingerprint density at radius 2 is 2.00 bits per heavy atom. The Morgan fingerprint density at radius 1 is 1.11 bits per heavy atom. The molecule has 0 amide bonds. The van der Waals surface area contributed by atoms with Crippen molar-refractivity contribution >= 4 is 0 Å². The molecule has 1 aromatic rings. The summed E-state index contributed by atoms with van der Waals surface area (Å²) in [5, 5.41) is 11.1. The van der Waals surface area contributed by atoms with E-state index in [-0.39, 0.29) is 0 Å². The van der Waals surface area contributed by atoms with Gasteiger partial charge in [0.2, 0.25) is 0 Å². The lowest BCUT2D eigenvalue weighted by Gasteiger charge is -2.30. The van der Waals surface area contributed by atoms with Gasteiger partial charge in [0.05, 0.1) is 0 Å². The molecule has 18 heavy (non-hydrogen) atoms. The highest BCUT2D eigenvalue weighted by Gasteiger charge is 2.49. The Morgan fingerprint density at radius 3 is 2.94 bits per heavy atom. The van der Waals surface area contributed by atoms with Crippen molar-refractivity contribution in [3.05, 3.63) is 34.9 Å². The van der Waals surface area contributed by atoms with E-state index in [0.29, 0.717) is 6.04 Å². The van der Waals surface area contributed by atoms with Gasteiger partial charge in [-0.2, -0.15) is 0 Å². The molecule has 1 N–H and O–H groups in total. The minimum absolute atomic E-state index is 0.372. The van der Waals surface area contributed by atoms with Crippen LogP contribution in [0.15, 0.2) is 18.2 Å². The van der Waals surface area contributed by atoms with Gasteiger partial charge < -0.3 is 5.11 Å². The number of hydrogen-bond donors (Lipinski definition) is 1. The molecule has 2 saturated heterocycles. The van der Waals surface area contributed by atoms with E-state index in [0.717, 1.165) is 19.4 Å². The largest absolute Gasteiger partial charge is 0.383 e. The van der Waals surface area contributed by atoms with Crippen molar-refractivity contribution in [1.29, 1.82) is 0 Å². The van der Waals surface area contributed by atoms with Crippen LogP contribution in [-0.2, 0) is 18.4 Å². The van der Waals surface area contributed by atoms with Gasteiger partial charge >= 0.3 is 0 Å². The summed E-state index contributed by atoms with van der Waals surface area (Å²) in [5.41, 5.74) is 3.59. The van der Waals surface area contributed by atoms with Gasteiger partial charge in [-0.05, 0) is 61.8 Å². The van der Waals surface area contributed by atoms with Gasteiger partial charge in [0.15, 0.2) is 0 Å². The van der Waals surface area contributed by atoms with Crippen molar-refractivity contribution < 1.29 is 5.11 Å². The van der Waals surface area contributed by atoms with Gasteiger partial charge in [-0.25, -0.2) is 0 Å². The van der Waals surface area contributed by atoms with Crippen LogP contribution in [0.1, 0.15) is 42.4 Å². The molecule has 2 aliphatic heterocycles. The van der Waals surface area contributed by atoms with E-state index in [4.69, 9.17) is 0 Å². The van der Waals surface area contributed by atoms with Crippen LogP contribution in [0.3, 0.4) is 0 Å². The van der Waals surface area contributed by atoms with Gasteiger partial charge in [-0.15, -0.1) is 0 Å². The van der Waals surface area contributed by atoms with Crippen molar-refractivity contribution in [2.24, 2.45) is 0 Å². The molecule has 0 radical (unpaired) electrons. The first-order chi connectivity index (χ1) is 8.77. The second kappa shape index (κ2) is 3.82. The zero-order valence-corrected chi connectivity index (χ0v) is 10.9.